The van der Waals surface area contributed by atoms with Gasteiger partial charge < -0.3 is 0 Å². The second-order valence-electron chi connectivity index (χ2n) is 6.71. The number of fused-ring (bicyclic) bond motifs is 1. The van der Waals surface area contributed by atoms with Crippen LogP contribution in [0.3, 0.4) is 0 Å². The van der Waals surface area contributed by atoms with E-state index < -0.39 is 18.6 Å². The van der Waals surface area contributed by atoms with E-state index in [0.29, 0.717) is 5.69 Å². The van der Waals surface area contributed by atoms with Crippen LogP contribution in [0.1, 0.15) is 40.3 Å². The Hall–Kier alpha value is -2.38. The van der Waals surface area contributed by atoms with E-state index in [1.807, 2.05) is 20.8 Å². The first-order chi connectivity index (χ1) is 11.0. The van der Waals surface area contributed by atoms with Gasteiger partial charge in [0.05, 0.1) is 5.69 Å². The summed E-state index contributed by atoms with van der Waals surface area (Å²) < 4.78 is 39.6. The lowest BCUT2D eigenvalue weighted by Crippen LogP contribution is -2.24. The Labute approximate surface area is 145 Å². The molecule has 0 unspecified atom stereocenters. The summed E-state index contributed by atoms with van der Waals surface area (Å²) in [6, 6.07) is 3.15. The maximum Gasteiger partial charge on any atom is 0.406 e. The van der Waals surface area contributed by atoms with Gasteiger partial charge in [-0.2, -0.15) is 13.2 Å². The fourth-order valence-electron chi connectivity index (χ4n) is 2.21. The van der Waals surface area contributed by atoms with Gasteiger partial charge in [0.2, 0.25) is 11.9 Å². The molecule has 1 amide bonds. The van der Waals surface area contributed by atoms with E-state index in [9.17, 15) is 18.0 Å². The number of aromatic nitrogens is 3. The molecule has 0 aliphatic carbocycles. The molecule has 2 aromatic heterocycles. The quantitative estimate of drug-likeness (QED) is 0.868. The topological polar surface area (TPSA) is 59.8 Å². The van der Waals surface area contributed by atoms with Crippen molar-refractivity contribution in [3.05, 3.63) is 24.4 Å². The third-order valence-electron chi connectivity index (χ3n) is 3.10. The maximum absolute atomic E-state index is 12.9. The van der Waals surface area contributed by atoms with Gasteiger partial charge in [0.15, 0.2) is 5.65 Å². The van der Waals surface area contributed by atoms with Crippen molar-refractivity contribution in [3.63, 3.8) is 0 Å². The van der Waals surface area contributed by atoms with E-state index in [-0.39, 0.29) is 36.4 Å². The van der Waals surface area contributed by atoms with E-state index in [1.54, 1.807) is 12.1 Å². The van der Waals surface area contributed by atoms with Gasteiger partial charge in [0, 0.05) is 6.42 Å². The summed E-state index contributed by atoms with van der Waals surface area (Å²) in [4.78, 5) is 20.3. The molecule has 8 heteroatoms. The molecule has 0 atom stereocenters. The van der Waals surface area contributed by atoms with Crippen molar-refractivity contribution in [2.45, 2.75) is 47.3 Å². The Balaban J connectivity index is 0.00000312. The van der Waals surface area contributed by atoms with E-state index in [4.69, 9.17) is 0 Å². The molecule has 2 heterocycles. The highest BCUT2D eigenvalue weighted by Crippen LogP contribution is 2.26. The van der Waals surface area contributed by atoms with E-state index in [1.165, 1.54) is 6.08 Å². The van der Waals surface area contributed by atoms with Crippen molar-refractivity contribution in [3.8, 4) is 0 Å². The third-order valence-corrected chi connectivity index (χ3v) is 3.10. The minimum atomic E-state index is -4.47. The molecule has 2 rings (SSSR count). The second-order valence-corrected chi connectivity index (χ2v) is 6.71. The van der Waals surface area contributed by atoms with E-state index in [0.717, 1.165) is 4.57 Å². The van der Waals surface area contributed by atoms with E-state index >= 15 is 0 Å². The van der Waals surface area contributed by atoms with Gasteiger partial charge in [-0.3, -0.25) is 14.7 Å². The summed E-state index contributed by atoms with van der Waals surface area (Å²) in [5.74, 6) is -0.560. The summed E-state index contributed by atoms with van der Waals surface area (Å²) in [5.41, 5.74) is 0.462. The number of nitrogens with one attached hydrogen (secondary N) is 1. The van der Waals surface area contributed by atoms with Crippen LogP contribution in [0.15, 0.2) is 18.7 Å². The number of halogens is 3. The zero-order valence-electron chi connectivity index (χ0n) is 13.7. The molecule has 0 saturated carbocycles. The Morgan fingerprint density at radius 2 is 1.92 bits per heavy atom. The van der Waals surface area contributed by atoms with Gasteiger partial charge in [-0.1, -0.05) is 34.8 Å². The van der Waals surface area contributed by atoms with Crippen LogP contribution in [0.25, 0.3) is 17.2 Å². The molecule has 0 aliphatic heterocycles. The van der Waals surface area contributed by atoms with Crippen LogP contribution < -0.4 is 5.32 Å². The molecule has 0 spiro atoms. The number of anilines is 1. The number of hydrogen-bond donors (Lipinski definition) is 1. The van der Waals surface area contributed by atoms with Crippen molar-refractivity contribution in [1.29, 1.82) is 0 Å². The molecule has 0 saturated heterocycles. The van der Waals surface area contributed by atoms with Gasteiger partial charge in [-0.25, -0.2) is 9.97 Å². The largest absolute Gasteiger partial charge is 0.406 e. The van der Waals surface area contributed by atoms with Gasteiger partial charge in [0.25, 0.3) is 0 Å². The standard InChI is InChI=1S/C16H19F3N4O.CH4/c1-5-10-6-7-11-13(20-10)23(9-16(17,18)19)14(21-11)22-12(24)8-15(2,3)4;/h5-7H,1,8-9H2,2-4H3,(H,21,22,24);1H4. The Morgan fingerprint density at radius 1 is 1.28 bits per heavy atom. The number of imidazole rings is 1. The smallest absolute Gasteiger partial charge is 0.296 e. The predicted molar refractivity (Wildman–Crippen MR) is 93.1 cm³/mol. The average molecular weight is 356 g/mol. The third kappa shape index (κ3) is 5.58. The monoisotopic (exact) mass is 356 g/mol. The molecule has 2 aromatic rings. The summed E-state index contributed by atoms with van der Waals surface area (Å²) in [6.45, 7) is 7.86. The molecular formula is C17H23F3N4O. The summed E-state index contributed by atoms with van der Waals surface area (Å²) in [5, 5.41) is 2.46. The molecule has 138 valence electrons. The fraction of sp³-hybridized carbons (Fsp3) is 0.471. The van der Waals surface area contributed by atoms with Crippen LogP contribution >= 0.6 is 0 Å². The van der Waals surface area contributed by atoms with E-state index in [2.05, 4.69) is 21.9 Å². The lowest BCUT2D eigenvalue weighted by Gasteiger charge is -2.17. The van der Waals surface area contributed by atoms with Gasteiger partial charge in [-0.15, -0.1) is 0 Å². The average Bonchev–Trinajstić information content (AvgIpc) is 2.72. The van der Waals surface area contributed by atoms with Crippen LogP contribution in [-0.4, -0.2) is 26.6 Å². The SMILES string of the molecule is C.C=Cc1ccc2nc(NC(=O)CC(C)(C)C)n(CC(F)(F)F)c2n1. The van der Waals surface area contributed by atoms with Gasteiger partial charge >= 0.3 is 6.18 Å². The van der Waals surface area contributed by atoms with Gasteiger partial charge in [-0.05, 0) is 23.6 Å². The normalized spacial score (nSPS) is 11.9. The minimum Gasteiger partial charge on any atom is -0.296 e. The van der Waals surface area contributed by atoms with Crippen molar-refractivity contribution in [2.24, 2.45) is 5.41 Å². The number of nitrogens with zero attached hydrogens (tertiary/aromatic N) is 3. The first kappa shape index (κ1) is 20.7. The van der Waals surface area contributed by atoms with Crippen LogP contribution in [-0.2, 0) is 11.3 Å². The number of amides is 1. The molecule has 0 bridgehead atoms. The Kier molecular flexibility index (Phi) is 5.99. The highest BCUT2D eigenvalue weighted by Gasteiger charge is 2.31. The Morgan fingerprint density at radius 3 is 2.44 bits per heavy atom. The molecule has 0 radical (unpaired) electrons. The van der Waals surface area contributed by atoms with Crippen molar-refractivity contribution >= 4 is 29.1 Å². The number of carbonyl (C=O) groups excluding carboxylic acids is 1. The van der Waals surface area contributed by atoms with Crippen molar-refractivity contribution in [1.82, 2.24) is 14.5 Å². The zero-order valence-corrected chi connectivity index (χ0v) is 13.7. The lowest BCUT2D eigenvalue weighted by molar-refractivity contribution is -0.139. The maximum atomic E-state index is 12.9. The number of hydrogen-bond acceptors (Lipinski definition) is 3. The van der Waals surface area contributed by atoms with Crippen molar-refractivity contribution in [2.75, 3.05) is 5.32 Å². The molecule has 0 aromatic carbocycles. The number of pyridine rings is 1. The summed E-state index contributed by atoms with van der Waals surface area (Å²) in [6.07, 6.45) is -2.88. The molecule has 5 nitrogen and oxygen atoms in total. The lowest BCUT2D eigenvalue weighted by atomic mass is 9.92. The summed E-state index contributed by atoms with van der Waals surface area (Å²) in [7, 11) is 0. The number of alkyl halides is 3. The molecule has 25 heavy (non-hydrogen) atoms. The number of carbonyl (C=O) groups is 1. The predicted octanol–water partition coefficient (Wildman–Crippen LogP) is 4.65. The first-order valence-electron chi connectivity index (χ1n) is 7.35. The number of rotatable bonds is 4. The van der Waals surface area contributed by atoms with Crippen LogP contribution in [0, 0.1) is 5.41 Å². The molecule has 1 N–H and O–H groups in total. The molecular weight excluding hydrogens is 333 g/mol. The zero-order chi connectivity index (χ0) is 18.1. The van der Waals surface area contributed by atoms with Crippen LogP contribution in [0.5, 0.6) is 0 Å². The minimum absolute atomic E-state index is 0. The van der Waals surface area contributed by atoms with Gasteiger partial charge in [0.1, 0.15) is 12.1 Å². The Bertz CT molecular complexity index is 773. The summed E-state index contributed by atoms with van der Waals surface area (Å²) >= 11 is 0. The fourth-order valence-corrected chi connectivity index (χ4v) is 2.21. The molecule has 0 fully saturated rings. The molecule has 0 aliphatic rings. The highest BCUT2D eigenvalue weighted by molar-refractivity contribution is 5.91. The highest BCUT2D eigenvalue weighted by atomic mass is 19.4. The van der Waals surface area contributed by atoms with Crippen molar-refractivity contribution < 1.29 is 18.0 Å². The first-order valence-corrected chi connectivity index (χ1v) is 7.35. The van der Waals surface area contributed by atoms with Crippen LogP contribution in [0.2, 0.25) is 0 Å². The van der Waals surface area contributed by atoms with Crippen LogP contribution in [0.4, 0.5) is 19.1 Å². The second kappa shape index (κ2) is 7.25.